The lowest BCUT2D eigenvalue weighted by molar-refractivity contribution is -0.131. The molecular weight excluding hydrogens is 542 g/mol. The van der Waals surface area contributed by atoms with Crippen molar-refractivity contribution in [1.29, 1.82) is 0 Å². The van der Waals surface area contributed by atoms with Crippen LogP contribution in [0.4, 0.5) is 0 Å². The van der Waals surface area contributed by atoms with Gasteiger partial charge in [0.25, 0.3) is 5.91 Å². The predicted molar refractivity (Wildman–Crippen MR) is 169 cm³/mol. The van der Waals surface area contributed by atoms with E-state index < -0.39 is 6.04 Å². The number of nitrogens with zero attached hydrogens (tertiary/aromatic N) is 1. The Hall–Kier alpha value is -3.39. The van der Waals surface area contributed by atoms with E-state index in [1.54, 1.807) is 7.11 Å². The number of carbonyl (C=O) groups is 3. The molecule has 2 aliphatic rings. The van der Waals surface area contributed by atoms with Gasteiger partial charge in [-0.1, -0.05) is 51.3 Å². The smallest absolute Gasteiger partial charge is 0.251 e. The summed E-state index contributed by atoms with van der Waals surface area (Å²) in [4.78, 5) is 41.2. The van der Waals surface area contributed by atoms with E-state index in [1.807, 2.05) is 68.1 Å². The second-order valence-corrected chi connectivity index (χ2v) is 12.2. The van der Waals surface area contributed by atoms with Crippen LogP contribution in [0.2, 0.25) is 0 Å². The fourth-order valence-corrected chi connectivity index (χ4v) is 6.37. The number of methoxy groups -OCH3 is 1. The van der Waals surface area contributed by atoms with E-state index in [-0.39, 0.29) is 41.9 Å². The monoisotopic (exact) mass is 591 g/mol. The highest BCUT2D eigenvalue weighted by Crippen LogP contribution is 2.30. The van der Waals surface area contributed by atoms with Crippen LogP contribution in [0.5, 0.6) is 11.5 Å². The maximum Gasteiger partial charge on any atom is 0.251 e. The van der Waals surface area contributed by atoms with Gasteiger partial charge in [0.2, 0.25) is 5.91 Å². The highest BCUT2D eigenvalue weighted by molar-refractivity contribution is 5.98. The van der Waals surface area contributed by atoms with Gasteiger partial charge in [-0.15, -0.1) is 0 Å². The fourth-order valence-electron chi connectivity index (χ4n) is 6.37. The summed E-state index contributed by atoms with van der Waals surface area (Å²) in [6, 6.07) is 13.0. The first kappa shape index (κ1) is 32.5. The molecule has 4 rings (SSSR count). The largest absolute Gasteiger partial charge is 0.497 e. The summed E-state index contributed by atoms with van der Waals surface area (Å²) in [7, 11) is 1.63. The van der Waals surface area contributed by atoms with Gasteiger partial charge in [-0.05, 0) is 62.3 Å². The number of rotatable bonds is 13. The minimum absolute atomic E-state index is 0.0794. The molecule has 2 amide bonds. The molecule has 43 heavy (non-hydrogen) atoms. The van der Waals surface area contributed by atoms with Crippen LogP contribution < -0.4 is 20.1 Å². The molecule has 1 saturated heterocycles. The van der Waals surface area contributed by atoms with Crippen molar-refractivity contribution < 1.29 is 23.9 Å². The van der Waals surface area contributed by atoms with Crippen molar-refractivity contribution >= 4 is 17.6 Å². The third-order valence-corrected chi connectivity index (χ3v) is 8.87. The summed E-state index contributed by atoms with van der Waals surface area (Å²) in [6.45, 7) is 8.50. The number of hydrogen-bond donors (Lipinski definition) is 2. The van der Waals surface area contributed by atoms with Gasteiger partial charge in [0.15, 0.2) is 5.78 Å². The van der Waals surface area contributed by atoms with Crippen LogP contribution in [0, 0.1) is 11.8 Å². The van der Waals surface area contributed by atoms with Gasteiger partial charge in [-0.2, -0.15) is 0 Å². The average Bonchev–Trinajstić information content (AvgIpc) is 3.04. The van der Waals surface area contributed by atoms with Gasteiger partial charge in [-0.25, -0.2) is 0 Å². The maximum absolute atomic E-state index is 13.2. The highest BCUT2D eigenvalue weighted by Gasteiger charge is 2.32. The molecule has 2 N–H and O–H groups in total. The zero-order valence-electron chi connectivity index (χ0n) is 26.3. The van der Waals surface area contributed by atoms with E-state index in [0.717, 1.165) is 67.7 Å². The molecule has 2 aromatic rings. The molecule has 1 heterocycles. The molecule has 0 aromatic heterocycles. The maximum atomic E-state index is 13.2. The summed E-state index contributed by atoms with van der Waals surface area (Å²) >= 11 is 0. The lowest BCUT2D eigenvalue weighted by Crippen LogP contribution is -2.48. The van der Waals surface area contributed by atoms with E-state index >= 15 is 0 Å². The summed E-state index contributed by atoms with van der Waals surface area (Å²) in [6.07, 6.45) is 7.35. The molecule has 0 spiro atoms. The van der Waals surface area contributed by atoms with E-state index in [1.165, 1.54) is 6.42 Å². The molecule has 1 unspecified atom stereocenters. The first-order valence-corrected chi connectivity index (χ1v) is 16.0. The number of Topliss-reactive ketones (excluding diaryl/α,β-unsaturated/α-hetero) is 1. The Bertz CT molecular complexity index is 1220. The van der Waals surface area contributed by atoms with Gasteiger partial charge < -0.3 is 25.0 Å². The number of nitrogens with one attached hydrogen (secondary N) is 2. The van der Waals surface area contributed by atoms with E-state index in [4.69, 9.17) is 9.47 Å². The second kappa shape index (κ2) is 15.9. The van der Waals surface area contributed by atoms with Crippen molar-refractivity contribution in [2.24, 2.45) is 11.8 Å². The topological polar surface area (TPSA) is 97.0 Å². The molecule has 2 aromatic carbocycles. The van der Waals surface area contributed by atoms with Crippen molar-refractivity contribution in [3.05, 3.63) is 59.2 Å². The Morgan fingerprint density at radius 3 is 2.40 bits per heavy atom. The molecule has 1 aliphatic heterocycles. The van der Waals surface area contributed by atoms with Crippen molar-refractivity contribution in [2.45, 2.75) is 84.2 Å². The first-order chi connectivity index (χ1) is 20.8. The number of piperidine rings is 1. The molecule has 2 atom stereocenters. The Balaban J connectivity index is 1.31. The van der Waals surface area contributed by atoms with Crippen LogP contribution in [-0.2, 0) is 16.1 Å². The Morgan fingerprint density at radius 2 is 1.72 bits per heavy atom. The average molecular weight is 592 g/mol. The zero-order chi connectivity index (χ0) is 30.8. The van der Waals surface area contributed by atoms with Gasteiger partial charge in [0.05, 0.1) is 26.3 Å². The molecule has 8 heteroatoms. The summed E-state index contributed by atoms with van der Waals surface area (Å²) in [5.41, 5.74) is 2.68. The van der Waals surface area contributed by atoms with Crippen LogP contribution in [-0.4, -0.2) is 61.9 Å². The standard InChI is InChI=1S/C35H49N3O5/c1-5-43-31-20-30(42-4)18-17-28(31)21-36-22-32(39)38-19-9-12-29(23-38)25-13-15-27(16-14-25)35(41)37-33(34(40)24(2)3)26-10-7-6-8-11-26/h13-18,20,24,26,29,33,36H,5-12,19,21-23H2,1-4H3,(H,37,41)/t29?,33-/m1/s1. The quantitative estimate of drug-likeness (QED) is 0.320. The minimum Gasteiger partial charge on any atom is -0.497 e. The SMILES string of the molecule is CCOc1cc(OC)ccc1CNCC(=O)N1CCCC(c2ccc(C(=O)N[C@@H](C(=O)C(C)C)C3CCCCC3)cc2)C1. The van der Waals surface area contributed by atoms with Crippen LogP contribution >= 0.6 is 0 Å². The highest BCUT2D eigenvalue weighted by atomic mass is 16.5. The van der Waals surface area contributed by atoms with Crippen LogP contribution in [0.15, 0.2) is 42.5 Å². The number of amides is 2. The van der Waals surface area contributed by atoms with E-state index in [0.29, 0.717) is 25.3 Å². The number of hydrogen-bond acceptors (Lipinski definition) is 6. The lowest BCUT2D eigenvalue weighted by atomic mass is 9.80. The lowest BCUT2D eigenvalue weighted by Gasteiger charge is -2.33. The van der Waals surface area contributed by atoms with Crippen molar-refractivity contribution in [1.82, 2.24) is 15.5 Å². The van der Waals surface area contributed by atoms with Crippen LogP contribution in [0.1, 0.15) is 93.1 Å². The van der Waals surface area contributed by atoms with Crippen LogP contribution in [0.25, 0.3) is 0 Å². The second-order valence-electron chi connectivity index (χ2n) is 12.2. The van der Waals surface area contributed by atoms with Gasteiger partial charge in [0, 0.05) is 48.7 Å². The number of likely N-dealkylation sites (tertiary alicyclic amines) is 1. The van der Waals surface area contributed by atoms with Gasteiger partial charge in [0.1, 0.15) is 11.5 Å². The van der Waals surface area contributed by atoms with Crippen LogP contribution in [0.3, 0.4) is 0 Å². The van der Waals surface area contributed by atoms with E-state index in [9.17, 15) is 14.4 Å². The summed E-state index contributed by atoms with van der Waals surface area (Å²) < 4.78 is 11.1. The predicted octanol–water partition coefficient (Wildman–Crippen LogP) is 5.49. The van der Waals surface area contributed by atoms with Crippen molar-refractivity contribution in [2.75, 3.05) is 33.4 Å². The minimum atomic E-state index is -0.422. The zero-order valence-corrected chi connectivity index (χ0v) is 26.3. The third kappa shape index (κ3) is 8.82. The fraction of sp³-hybridized carbons (Fsp3) is 0.571. The number of benzene rings is 2. The first-order valence-electron chi connectivity index (χ1n) is 16.0. The number of ketones is 1. The Labute approximate surface area is 256 Å². The molecule has 234 valence electrons. The Morgan fingerprint density at radius 1 is 0.977 bits per heavy atom. The molecule has 0 radical (unpaired) electrons. The van der Waals surface area contributed by atoms with Crippen molar-refractivity contribution in [3.8, 4) is 11.5 Å². The van der Waals surface area contributed by atoms with Crippen molar-refractivity contribution in [3.63, 3.8) is 0 Å². The molecule has 2 fully saturated rings. The number of carbonyl (C=O) groups excluding carboxylic acids is 3. The Kier molecular flexibility index (Phi) is 12.0. The van der Waals surface area contributed by atoms with E-state index in [2.05, 4.69) is 10.6 Å². The molecular formula is C35H49N3O5. The third-order valence-electron chi connectivity index (χ3n) is 8.87. The number of ether oxygens (including phenoxy) is 2. The molecule has 1 aliphatic carbocycles. The summed E-state index contributed by atoms with van der Waals surface area (Å²) in [5, 5.41) is 6.37. The molecule has 8 nitrogen and oxygen atoms in total. The molecule has 0 bridgehead atoms. The van der Waals surface area contributed by atoms with Gasteiger partial charge in [-0.3, -0.25) is 14.4 Å². The molecule has 1 saturated carbocycles. The summed E-state index contributed by atoms with van der Waals surface area (Å²) in [5.74, 6) is 1.83. The van der Waals surface area contributed by atoms with Gasteiger partial charge >= 0.3 is 0 Å². The normalized spacial score (nSPS) is 18.3.